The van der Waals surface area contributed by atoms with Crippen molar-refractivity contribution in [1.82, 2.24) is 4.98 Å². The van der Waals surface area contributed by atoms with Gasteiger partial charge >= 0.3 is 0 Å². The highest BCUT2D eigenvalue weighted by atomic mass is 35.5. The van der Waals surface area contributed by atoms with Crippen LogP contribution in [0.1, 0.15) is 24.3 Å². The molecule has 114 valence electrons. The van der Waals surface area contributed by atoms with Crippen LogP contribution in [0.15, 0.2) is 24.3 Å². The summed E-state index contributed by atoms with van der Waals surface area (Å²) in [7, 11) is 0. The van der Waals surface area contributed by atoms with Crippen LogP contribution in [0.4, 0.5) is 4.39 Å². The van der Waals surface area contributed by atoms with Crippen LogP contribution in [0.5, 0.6) is 5.75 Å². The molecular weight excluding hydrogens is 309 g/mol. The van der Waals surface area contributed by atoms with E-state index in [4.69, 9.17) is 21.1 Å². The van der Waals surface area contributed by atoms with Crippen LogP contribution in [-0.2, 0) is 10.3 Å². The third-order valence-corrected chi connectivity index (χ3v) is 4.22. The Morgan fingerprint density at radius 3 is 2.86 bits per heavy atom. The molecule has 0 saturated carbocycles. The summed E-state index contributed by atoms with van der Waals surface area (Å²) in [5.41, 5.74) is 1.51. The van der Waals surface area contributed by atoms with Gasteiger partial charge in [0.1, 0.15) is 29.8 Å². The normalized spacial score (nSPS) is 25.7. The Morgan fingerprint density at radius 1 is 1.41 bits per heavy atom. The predicted molar refractivity (Wildman–Crippen MR) is 78.4 cm³/mol. The number of halogens is 2. The summed E-state index contributed by atoms with van der Waals surface area (Å²) in [4.78, 5) is 4.57. The number of aromatic nitrogens is 1. The summed E-state index contributed by atoms with van der Waals surface area (Å²) in [5, 5.41) is 10.5. The van der Waals surface area contributed by atoms with Gasteiger partial charge in [-0.2, -0.15) is 0 Å². The van der Waals surface area contributed by atoms with Crippen LogP contribution in [0.2, 0.25) is 5.02 Å². The lowest BCUT2D eigenvalue weighted by atomic mass is 9.95. The average molecular weight is 322 g/mol. The number of aliphatic hydroxyl groups is 1. The largest absolute Gasteiger partial charge is 0.488 e. The van der Waals surface area contributed by atoms with Gasteiger partial charge < -0.3 is 14.6 Å². The Hall–Kier alpha value is -1.69. The third kappa shape index (κ3) is 2.17. The Balaban J connectivity index is 1.93. The van der Waals surface area contributed by atoms with Crippen molar-refractivity contribution >= 4 is 11.6 Å². The Kier molecular flexibility index (Phi) is 2.95. The first kappa shape index (κ1) is 13.9. The van der Waals surface area contributed by atoms with Crippen molar-refractivity contribution in [3.8, 4) is 17.0 Å². The summed E-state index contributed by atoms with van der Waals surface area (Å²) < 4.78 is 24.3. The van der Waals surface area contributed by atoms with Gasteiger partial charge in [-0.1, -0.05) is 11.6 Å². The van der Waals surface area contributed by atoms with Gasteiger partial charge in [-0.05, 0) is 31.2 Å². The fourth-order valence-electron chi connectivity index (χ4n) is 2.61. The van der Waals surface area contributed by atoms with Crippen LogP contribution >= 0.6 is 11.6 Å². The molecule has 2 aromatic rings. The summed E-state index contributed by atoms with van der Waals surface area (Å²) in [6.07, 6.45) is -0.0589. The Labute approximate surface area is 131 Å². The monoisotopic (exact) mass is 321 g/mol. The standard InChI is InChI=1S/C16H13ClFNO3/c1-16(20)7-22-15-9(16)5-12(13-6-21-13)19-14(15)8-2-3-11(18)10(17)4-8/h2-5,13,20H,6-7H2,1H3. The maximum absolute atomic E-state index is 13.4. The van der Waals surface area contributed by atoms with Gasteiger partial charge in [0, 0.05) is 11.1 Å². The molecule has 0 bridgehead atoms. The highest BCUT2D eigenvalue weighted by Crippen LogP contribution is 2.45. The molecule has 0 amide bonds. The van der Waals surface area contributed by atoms with E-state index in [9.17, 15) is 9.50 Å². The number of pyridine rings is 1. The summed E-state index contributed by atoms with van der Waals surface area (Å²) in [5.74, 6) is 0.0220. The number of ether oxygens (including phenoxy) is 2. The maximum Gasteiger partial charge on any atom is 0.151 e. The van der Waals surface area contributed by atoms with Crippen LogP contribution in [0.3, 0.4) is 0 Å². The first-order valence-corrected chi connectivity index (χ1v) is 7.31. The zero-order valence-electron chi connectivity index (χ0n) is 11.8. The fraction of sp³-hybridized carbons (Fsp3) is 0.312. The quantitative estimate of drug-likeness (QED) is 0.863. The minimum absolute atomic E-state index is 0.0193. The lowest BCUT2D eigenvalue weighted by Crippen LogP contribution is -2.22. The van der Waals surface area contributed by atoms with E-state index in [2.05, 4.69) is 4.98 Å². The Bertz CT molecular complexity index is 774. The van der Waals surface area contributed by atoms with Gasteiger partial charge in [0.25, 0.3) is 0 Å². The van der Waals surface area contributed by atoms with E-state index < -0.39 is 11.4 Å². The maximum atomic E-state index is 13.4. The molecule has 2 aliphatic heterocycles. The SMILES string of the molecule is CC1(O)COc2c1cc(C1CO1)nc2-c1ccc(F)c(Cl)c1. The molecule has 0 spiro atoms. The van der Waals surface area contributed by atoms with Crippen molar-refractivity contribution in [2.24, 2.45) is 0 Å². The first-order valence-electron chi connectivity index (χ1n) is 6.93. The third-order valence-electron chi connectivity index (χ3n) is 3.93. The molecule has 2 atom stereocenters. The Morgan fingerprint density at radius 2 is 2.18 bits per heavy atom. The molecule has 22 heavy (non-hydrogen) atoms. The molecule has 3 heterocycles. The lowest BCUT2D eigenvalue weighted by molar-refractivity contribution is 0.0349. The van der Waals surface area contributed by atoms with Gasteiger partial charge in [-0.25, -0.2) is 9.37 Å². The van der Waals surface area contributed by atoms with E-state index >= 15 is 0 Å². The molecule has 1 fully saturated rings. The topological polar surface area (TPSA) is 54.9 Å². The molecule has 2 unspecified atom stereocenters. The minimum atomic E-state index is -1.08. The van der Waals surface area contributed by atoms with Gasteiger partial charge in [-0.15, -0.1) is 0 Å². The summed E-state index contributed by atoms with van der Waals surface area (Å²) in [6, 6.07) is 6.21. The lowest BCUT2D eigenvalue weighted by Gasteiger charge is -2.15. The number of rotatable bonds is 2. The number of hydrogen-bond donors (Lipinski definition) is 1. The molecule has 6 heteroatoms. The van der Waals surface area contributed by atoms with E-state index in [0.717, 1.165) is 5.69 Å². The van der Waals surface area contributed by atoms with Crippen LogP contribution in [0.25, 0.3) is 11.3 Å². The average Bonchev–Trinajstić information content (AvgIpc) is 3.28. The molecule has 0 aliphatic carbocycles. The van der Waals surface area contributed by atoms with Crippen molar-refractivity contribution in [1.29, 1.82) is 0 Å². The summed E-state index contributed by atoms with van der Waals surface area (Å²) in [6.45, 7) is 2.46. The molecule has 1 N–H and O–H groups in total. The number of epoxide rings is 1. The molecule has 4 nitrogen and oxygen atoms in total. The van der Waals surface area contributed by atoms with Gasteiger partial charge in [0.2, 0.25) is 0 Å². The zero-order valence-corrected chi connectivity index (χ0v) is 12.5. The van der Waals surface area contributed by atoms with Crippen molar-refractivity contribution in [2.75, 3.05) is 13.2 Å². The minimum Gasteiger partial charge on any atom is -0.488 e. The number of fused-ring (bicyclic) bond motifs is 1. The van der Waals surface area contributed by atoms with E-state index in [1.54, 1.807) is 13.0 Å². The number of nitrogens with zero attached hydrogens (tertiary/aromatic N) is 1. The van der Waals surface area contributed by atoms with E-state index in [1.807, 2.05) is 6.07 Å². The zero-order chi connectivity index (χ0) is 15.5. The van der Waals surface area contributed by atoms with Gasteiger partial charge in [0.15, 0.2) is 5.75 Å². The molecule has 1 aromatic carbocycles. The van der Waals surface area contributed by atoms with Crippen LogP contribution in [-0.4, -0.2) is 23.3 Å². The molecule has 1 aromatic heterocycles. The molecule has 4 rings (SSSR count). The fourth-order valence-corrected chi connectivity index (χ4v) is 2.79. The summed E-state index contributed by atoms with van der Waals surface area (Å²) >= 11 is 5.87. The van der Waals surface area contributed by atoms with E-state index in [0.29, 0.717) is 29.2 Å². The van der Waals surface area contributed by atoms with E-state index in [-0.39, 0.29) is 17.7 Å². The molecule has 2 aliphatic rings. The second-order valence-corrected chi connectivity index (χ2v) is 6.19. The highest BCUT2D eigenvalue weighted by Gasteiger charge is 2.39. The van der Waals surface area contributed by atoms with Crippen molar-refractivity contribution < 1.29 is 19.0 Å². The second kappa shape index (κ2) is 4.65. The van der Waals surface area contributed by atoms with Crippen molar-refractivity contribution in [3.63, 3.8) is 0 Å². The number of benzene rings is 1. The molecular formula is C16H13ClFNO3. The van der Waals surface area contributed by atoms with Crippen molar-refractivity contribution in [2.45, 2.75) is 18.6 Å². The van der Waals surface area contributed by atoms with Crippen LogP contribution in [0, 0.1) is 5.82 Å². The highest BCUT2D eigenvalue weighted by molar-refractivity contribution is 6.31. The second-order valence-electron chi connectivity index (χ2n) is 5.79. The van der Waals surface area contributed by atoms with Gasteiger partial charge in [0.05, 0.1) is 17.3 Å². The first-order chi connectivity index (χ1) is 10.5. The van der Waals surface area contributed by atoms with E-state index in [1.165, 1.54) is 12.1 Å². The smallest absolute Gasteiger partial charge is 0.151 e. The molecule has 1 saturated heterocycles. The number of hydrogen-bond acceptors (Lipinski definition) is 4. The predicted octanol–water partition coefficient (Wildman–Crippen LogP) is 3.21. The molecule has 0 radical (unpaired) electrons. The van der Waals surface area contributed by atoms with Gasteiger partial charge in [-0.3, -0.25) is 0 Å². The van der Waals surface area contributed by atoms with Crippen molar-refractivity contribution in [3.05, 3.63) is 46.4 Å². The van der Waals surface area contributed by atoms with Crippen LogP contribution < -0.4 is 4.74 Å².